The van der Waals surface area contributed by atoms with Gasteiger partial charge in [0, 0.05) is 33.2 Å². The SMILES string of the molecule is CC1(C)C2=CC(N(c3ccc(-c4cccc5c4-c4ccccc4C5(C)C)cc3)c3ccccc3-c3cccc4cccc(C5CCCCC5)c34)=CC[C@]2(C)C2=C1CCC=C2. The Morgan fingerprint density at radius 1 is 0.600 bits per heavy atom. The Kier molecular flexibility index (Phi) is 8.68. The lowest BCUT2D eigenvalue weighted by molar-refractivity contribution is 0.423. The lowest BCUT2D eigenvalue weighted by Crippen LogP contribution is -2.28. The summed E-state index contributed by atoms with van der Waals surface area (Å²) < 4.78 is 0. The fraction of sp³-hybridized carbons (Fsp3) is 0.288. The largest absolute Gasteiger partial charge is 0.310 e. The molecule has 6 aromatic rings. The van der Waals surface area contributed by atoms with Gasteiger partial charge >= 0.3 is 0 Å². The summed E-state index contributed by atoms with van der Waals surface area (Å²) in [5, 5.41) is 2.77. The van der Waals surface area contributed by atoms with Crippen molar-refractivity contribution in [3.63, 3.8) is 0 Å². The summed E-state index contributed by atoms with van der Waals surface area (Å²) in [5.41, 5.74) is 20.7. The Bertz CT molecular complexity index is 2820. The van der Waals surface area contributed by atoms with Crippen molar-refractivity contribution in [2.75, 3.05) is 4.90 Å². The molecular weight excluding hydrogens is 723 g/mol. The summed E-state index contributed by atoms with van der Waals surface area (Å²) in [5.74, 6) is 0.608. The van der Waals surface area contributed by atoms with E-state index in [1.807, 2.05) is 0 Å². The van der Waals surface area contributed by atoms with Gasteiger partial charge in [0.1, 0.15) is 0 Å². The Balaban J connectivity index is 1.09. The Hall–Kier alpha value is -5.66. The Labute approximate surface area is 357 Å². The first-order valence-electron chi connectivity index (χ1n) is 22.7. The van der Waals surface area contributed by atoms with E-state index >= 15 is 0 Å². The third-order valence-electron chi connectivity index (χ3n) is 15.5. The summed E-state index contributed by atoms with van der Waals surface area (Å²) in [6, 6.07) is 48.7. The van der Waals surface area contributed by atoms with E-state index in [1.165, 1.54) is 110 Å². The molecule has 0 heterocycles. The molecule has 1 heteroatoms. The van der Waals surface area contributed by atoms with Crippen LogP contribution < -0.4 is 4.90 Å². The predicted molar refractivity (Wildman–Crippen MR) is 255 cm³/mol. The lowest BCUT2D eigenvalue weighted by Gasteiger charge is -2.39. The van der Waals surface area contributed by atoms with Crippen LogP contribution in [0.2, 0.25) is 0 Å². The third kappa shape index (κ3) is 5.57. The van der Waals surface area contributed by atoms with E-state index in [9.17, 15) is 0 Å². The van der Waals surface area contributed by atoms with Crippen molar-refractivity contribution < 1.29 is 0 Å². The average Bonchev–Trinajstić information content (AvgIpc) is 3.63. The first-order chi connectivity index (χ1) is 29.2. The van der Waals surface area contributed by atoms with Crippen LogP contribution in [0.3, 0.4) is 0 Å². The van der Waals surface area contributed by atoms with Gasteiger partial charge in [-0.3, -0.25) is 0 Å². The zero-order valence-electron chi connectivity index (χ0n) is 36.1. The fourth-order valence-corrected chi connectivity index (χ4v) is 12.5. The third-order valence-corrected chi connectivity index (χ3v) is 15.5. The minimum Gasteiger partial charge on any atom is -0.310 e. The topological polar surface area (TPSA) is 3.24 Å². The van der Waals surface area contributed by atoms with E-state index in [0.29, 0.717) is 5.92 Å². The standard InChI is InChI=1S/C59H57N/c1-57(2)49-27-11-9-23-48(49)56-45(25-17-30-52(56)57)40-32-34-42(35-33-40)60(43-36-37-59(5)51-29-13-12-28-50(51)58(3,4)54(59)38-43)53-31-14-10-22-46(53)47-26-16-21-41-20-15-24-44(55(41)47)39-18-7-6-8-19-39/h9-11,13-17,20-27,29-36,38-39H,6-8,12,18-19,28,37H2,1-5H3/t59-/m1/s1. The monoisotopic (exact) mass is 779 g/mol. The predicted octanol–water partition coefficient (Wildman–Crippen LogP) is 16.6. The summed E-state index contributed by atoms with van der Waals surface area (Å²) in [6.45, 7) is 12.2. The number of fused-ring (bicyclic) bond motifs is 6. The van der Waals surface area contributed by atoms with Crippen molar-refractivity contribution in [1.82, 2.24) is 0 Å². The van der Waals surface area contributed by atoms with Crippen molar-refractivity contribution >= 4 is 22.1 Å². The van der Waals surface area contributed by atoms with Crippen molar-refractivity contribution in [3.05, 3.63) is 191 Å². The molecule has 5 aliphatic carbocycles. The van der Waals surface area contributed by atoms with Crippen LogP contribution >= 0.6 is 0 Å². The summed E-state index contributed by atoms with van der Waals surface area (Å²) in [6.07, 6.45) is 19.8. The van der Waals surface area contributed by atoms with Gasteiger partial charge in [-0.25, -0.2) is 0 Å². The van der Waals surface area contributed by atoms with Gasteiger partial charge in [-0.1, -0.05) is 187 Å². The van der Waals surface area contributed by atoms with Crippen molar-refractivity contribution in [2.24, 2.45) is 10.8 Å². The second-order valence-corrected chi connectivity index (χ2v) is 19.6. The summed E-state index contributed by atoms with van der Waals surface area (Å²) in [4.78, 5) is 2.59. The number of hydrogen-bond acceptors (Lipinski definition) is 1. The van der Waals surface area contributed by atoms with Crippen LogP contribution in [0.4, 0.5) is 11.4 Å². The lowest BCUT2D eigenvalue weighted by atomic mass is 9.68. The molecule has 0 amide bonds. The maximum Gasteiger partial charge on any atom is 0.0540 e. The normalized spacial score (nSPS) is 21.2. The quantitative estimate of drug-likeness (QED) is 0.163. The van der Waals surface area contributed by atoms with E-state index in [0.717, 1.165) is 19.3 Å². The van der Waals surface area contributed by atoms with Gasteiger partial charge in [-0.2, -0.15) is 0 Å². The minimum atomic E-state index is -0.0335. The van der Waals surface area contributed by atoms with Crippen LogP contribution in [0.5, 0.6) is 0 Å². The van der Waals surface area contributed by atoms with Gasteiger partial charge in [0.05, 0.1) is 5.69 Å². The molecule has 11 rings (SSSR count). The second kappa shape index (κ2) is 14.0. The number of nitrogens with zero attached hydrogens (tertiary/aromatic N) is 1. The van der Waals surface area contributed by atoms with Crippen LogP contribution in [0.1, 0.15) is 109 Å². The van der Waals surface area contributed by atoms with Crippen LogP contribution in [0.15, 0.2) is 174 Å². The molecule has 1 fully saturated rings. The van der Waals surface area contributed by atoms with Crippen LogP contribution in [-0.4, -0.2) is 0 Å². The molecule has 1 atom stereocenters. The molecular formula is C59H57N. The summed E-state index contributed by atoms with van der Waals surface area (Å²) >= 11 is 0. The molecule has 0 aromatic heterocycles. The molecule has 1 saturated carbocycles. The molecule has 0 N–H and O–H groups in total. The maximum absolute atomic E-state index is 2.59. The first-order valence-corrected chi connectivity index (χ1v) is 22.7. The van der Waals surface area contributed by atoms with Gasteiger partial charge in [0.15, 0.2) is 0 Å². The molecule has 298 valence electrons. The van der Waals surface area contributed by atoms with Gasteiger partial charge < -0.3 is 4.90 Å². The van der Waals surface area contributed by atoms with Crippen molar-refractivity contribution in [2.45, 2.75) is 97.3 Å². The number of benzene rings is 6. The van der Waals surface area contributed by atoms with Gasteiger partial charge in [-0.05, 0) is 129 Å². The molecule has 6 aromatic carbocycles. The fourth-order valence-electron chi connectivity index (χ4n) is 12.5. The first kappa shape index (κ1) is 37.3. The Morgan fingerprint density at radius 2 is 1.28 bits per heavy atom. The Morgan fingerprint density at radius 3 is 2.10 bits per heavy atom. The molecule has 0 radical (unpaired) electrons. The zero-order valence-corrected chi connectivity index (χ0v) is 36.1. The van der Waals surface area contributed by atoms with E-state index in [1.54, 1.807) is 16.7 Å². The highest BCUT2D eigenvalue weighted by Gasteiger charge is 2.51. The van der Waals surface area contributed by atoms with Crippen LogP contribution in [-0.2, 0) is 5.41 Å². The van der Waals surface area contributed by atoms with Crippen LogP contribution in [0.25, 0.3) is 44.2 Å². The van der Waals surface area contributed by atoms with E-state index in [-0.39, 0.29) is 16.2 Å². The molecule has 5 aliphatic rings. The summed E-state index contributed by atoms with van der Waals surface area (Å²) in [7, 11) is 0. The molecule has 0 aliphatic heterocycles. The molecule has 0 unspecified atom stereocenters. The molecule has 1 nitrogen and oxygen atoms in total. The van der Waals surface area contributed by atoms with Crippen molar-refractivity contribution in [3.8, 4) is 33.4 Å². The molecule has 0 saturated heterocycles. The second-order valence-electron chi connectivity index (χ2n) is 19.6. The zero-order chi connectivity index (χ0) is 40.8. The number of hydrogen-bond donors (Lipinski definition) is 0. The molecule has 60 heavy (non-hydrogen) atoms. The van der Waals surface area contributed by atoms with Gasteiger partial charge in [0.25, 0.3) is 0 Å². The average molecular weight is 780 g/mol. The number of anilines is 2. The number of allylic oxidation sites excluding steroid dienone is 7. The van der Waals surface area contributed by atoms with Crippen LogP contribution in [0, 0.1) is 10.8 Å². The van der Waals surface area contributed by atoms with Gasteiger partial charge in [-0.15, -0.1) is 0 Å². The van der Waals surface area contributed by atoms with E-state index < -0.39 is 0 Å². The van der Waals surface area contributed by atoms with Gasteiger partial charge in [0.2, 0.25) is 0 Å². The van der Waals surface area contributed by atoms with E-state index in [4.69, 9.17) is 0 Å². The minimum absolute atomic E-state index is 0.00564. The van der Waals surface area contributed by atoms with Crippen molar-refractivity contribution in [1.29, 1.82) is 0 Å². The van der Waals surface area contributed by atoms with E-state index in [2.05, 4.69) is 191 Å². The highest BCUT2D eigenvalue weighted by atomic mass is 15.2. The molecule has 0 bridgehead atoms. The smallest absolute Gasteiger partial charge is 0.0540 e. The number of rotatable bonds is 6. The molecule has 0 spiro atoms. The highest BCUT2D eigenvalue weighted by Crippen LogP contribution is 2.63. The highest BCUT2D eigenvalue weighted by molar-refractivity contribution is 6.03. The maximum atomic E-state index is 2.59. The number of para-hydroxylation sites is 1.